The molecule has 1 aliphatic carbocycles. The Morgan fingerprint density at radius 2 is 0.748 bits per heavy atom. The van der Waals surface area contributed by atoms with Crippen LogP contribution in [0.4, 0.5) is 27.1 Å². The van der Waals surface area contributed by atoms with E-state index in [0.29, 0.717) is 24.4 Å². The van der Waals surface area contributed by atoms with Gasteiger partial charge in [-0.1, -0.05) is 461 Å². The van der Waals surface area contributed by atoms with Crippen LogP contribution in [0.15, 0.2) is 514 Å². The lowest BCUT2D eigenvalue weighted by Gasteiger charge is -2.18. The molecule has 143 heavy (non-hydrogen) atoms. The molecular weight excluding hydrogens is 2230 g/mol. The quantitative estimate of drug-likeness (QED) is 0.0363. The molecule has 0 spiro atoms. The second-order valence-corrected chi connectivity index (χ2v) is 39.7. The Bertz CT molecular complexity index is 7780. The SMILES string of the molecule is Brc1ccc2c(c1)Cc1ccc3ccccc3c1-2.Brc1ccc2c3c4ccccc4ccc3n(-c3ccccc3)c2c1.C.C.Ic1ccccc1.O=[N+]([O-])c1cc(Br)ccc1-c1cccc2ccccc12.O=[N+]([O-])c1cc(Br)ccc1Br.OB(O)c1cccc2ccccc12.[2H]CF.[2H]C[B].c1ccc(-c2ccc(Nc3ccc(-c4ccccc4)cc3)cc2)cc1.c1ccc(P(c2ccccc2)c2ccccc2)cc1. The van der Waals surface area contributed by atoms with Gasteiger partial charge in [0.25, 0.3) is 11.4 Å². The predicted octanol–water partition coefficient (Wildman–Crippen LogP) is 35.3. The second-order valence-electron chi connectivity index (χ2n) is 31.7. The maximum Gasteiger partial charge on any atom is 0.489 e. The minimum absolute atomic E-state index is 0. The molecule has 0 amide bonds. The zero-order valence-corrected chi connectivity index (χ0v) is 87.0. The standard InChI is InChI=1S/C24H19N.C22H14BrN.C18H15P.C17H11Br.C16H10BrNO2.C10H9BO2.C6H3Br2NO2.C6H5I.CH3B.CH3F.2CH4/c1-3-7-19(8-4-1)21-11-15-23(16-12-21)25-24-17-13-22(14-18-24)20-9-5-2-6-10-20;23-16-11-12-19-21(14-16)24(17-7-2-1-3-8-17)20-13-10-15-6-4-5-9-18(15)22(19)20;1-4-10-16(11-5-1)19(17-12-6-2-7-13-17)18-14-8-3-9-15-18;18-14-7-8-16-13(10-14)9-12-6-5-11-3-1-2-4-15(11)17(12)16;17-12-8-9-15(16(10-12)18(19)20)14-7-3-5-11-4-1-2-6-13(11)14;12-11(13)10-7-3-5-8-4-1-2-6-9(8)10;7-4-1-2-5(8)6(3-4)9(10)11;7-6-4-2-1-3-5-6;2*1-2;;/h1-18,25H;1-14H;1-15H;1-8,10H,9H2;1-10H;1-7,12-13H;1-3H;1-5H;2*1H3;2*1H4/i;;;;;;;;2*1D;;. The van der Waals surface area contributed by atoms with Crippen molar-refractivity contribution in [3.8, 4) is 50.2 Å². The fourth-order valence-corrected chi connectivity index (χ4v) is 21.1. The first-order valence-corrected chi connectivity index (χ1v) is 51.1. The van der Waals surface area contributed by atoms with Crippen molar-refractivity contribution < 1.29 is 27.0 Å². The van der Waals surface area contributed by atoms with E-state index in [2.05, 4.69) is 460 Å². The number of anilines is 2. The highest BCUT2D eigenvalue weighted by atomic mass is 127. The van der Waals surface area contributed by atoms with Crippen molar-refractivity contribution in [1.82, 2.24) is 4.57 Å². The largest absolute Gasteiger partial charge is 0.489 e. The van der Waals surface area contributed by atoms with Gasteiger partial charge >= 0.3 is 7.12 Å². The summed E-state index contributed by atoms with van der Waals surface area (Å²) >= 11 is 19.0. The van der Waals surface area contributed by atoms with Crippen LogP contribution < -0.4 is 26.7 Å². The van der Waals surface area contributed by atoms with Gasteiger partial charge in [0.15, 0.2) is 0 Å². The third kappa shape index (κ3) is 28.6. The van der Waals surface area contributed by atoms with E-state index in [1.54, 1.807) is 24.3 Å². The van der Waals surface area contributed by atoms with Crippen LogP contribution in [0.3, 0.4) is 0 Å². The summed E-state index contributed by atoms with van der Waals surface area (Å²) in [6, 6.07) is 167. The lowest BCUT2D eigenvalue weighted by atomic mass is 9.77. The number of nitrogens with zero attached hydrogens (tertiary/aromatic N) is 3. The Morgan fingerprint density at radius 1 is 0.371 bits per heavy atom. The van der Waals surface area contributed by atoms with Gasteiger partial charge in [0.05, 0.1) is 47.3 Å². The number of halogens is 7. The summed E-state index contributed by atoms with van der Waals surface area (Å²) in [4.78, 5) is 20.8. The van der Waals surface area contributed by atoms with Gasteiger partial charge in [-0.05, 0) is 271 Å². The molecule has 22 aromatic rings. The number of alkyl halides is 1. The zero-order valence-electron chi connectivity index (χ0n) is 78.0. The molecule has 20 heteroatoms. The van der Waals surface area contributed by atoms with Gasteiger partial charge in [0.2, 0.25) is 0 Å². The van der Waals surface area contributed by atoms with Gasteiger partial charge in [0, 0.05) is 62.8 Å². The molecule has 0 saturated heterocycles. The third-order valence-corrected chi connectivity index (χ3v) is 28.7. The van der Waals surface area contributed by atoms with Crippen LogP contribution in [0, 0.1) is 23.8 Å². The molecule has 10 nitrogen and oxygen atoms in total. The molecule has 1 heterocycles. The topological polar surface area (TPSA) is 144 Å². The van der Waals surface area contributed by atoms with Gasteiger partial charge in [-0.15, -0.1) is 0 Å². The molecule has 0 unspecified atom stereocenters. The number of nitro benzene ring substituents is 2. The maximum absolute atomic E-state index is 11.3. The zero-order chi connectivity index (χ0) is 100. The predicted molar refractivity (Wildman–Crippen MR) is 635 cm³/mol. The molecule has 0 bridgehead atoms. The molecular formula is C123H100B2Br5FIN4O6P. The van der Waals surface area contributed by atoms with Gasteiger partial charge < -0.3 is 19.9 Å². The van der Waals surface area contributed by atoms with Crippen molar-refractivity contribution in [2.75, 3.05) is 12.5 Å². The fourth-order valence-electron chi connectivity index (χ4n) is 16.5. The fraction of sp³-hybridized carbons (Fsp3) is 0.0407. The number of benzene rings is 21. The Morgan fingerprint density at radius 3 is 1.24 bits per heavy atom. The first-order chi connectivity index (χ1) is 69.8. The molecule has 0 atom stereocenters. The summed E-state index contributed by atoms with van der Waals surface area (Å²) in [6.45, 7) is 0. The highest BCUT2D eigenvalue weighted by Crippen LogP contribution is 2.44. The van der Waals surface area contributed by atoms with E-state index >= 15 is 0 Å². The van der Waals surface area contributed by atoms with Gasteiger partial charge in [0.1, 0.15) is 0 Å². The summed E-state index contributed by atoms with van der Waals surface area (Å²) in [6.07, 6.45) is 1.05. The van der Waals surface area contributed by atoms with Crippen LogP contribution in [-0.4, -0.2) is 46.6 Å². The molecule has 21 aromatic carbocycles. The maximum atomic E-state index is 11.3. The Hall–Kier alpha value is -13.4. The molecule has 3 N–H and O–H groups in total. The Kier molecular flexibility index (Phi) is 40.3. The molecule has 0 saturated carbocycles. The highest BCUT2D eigenvalue weighted by Gasteiger charge is 2.23. The number of hydrogen-bond donors (Lipinski definition) is 3. The van der Waals surface area contributed by atoms with Crippen LogP contribution in [0.5, 0.6) is 0 Å². The van der Waals surface area contributed by atoms with Crippen molar-refractivity contribution in [3.05, 3.63) is 549 Å². The summed E-state index contributed by atoms with van der Waals surface area (Å²) < 4.78 is 29.3. The second kappa shape index (κ2) is 54.7. The highest BCUT2D eigenvalue weighted by molar-refractivity contribution is 14.1. The van der Waals surface area contributed by atoms with Crippen LogP contribution in [0.1, 0.15) is 28.7 Å². The normalized spacial score (nSPS) is 10.6. The minimum Gasteiger partial charge on any atom is -0.423 e. The average Bonchev–Trinajstić information content (AvgIpc) is 1.58. The summed E-state index contributed by atoms with van der Waals surface area (Å²) in [7, 11) is 1.67. The number of nitrogens with one attached hydrogen (secondary N) is 1. The van der Waals surface area contributed by atoms with Crippen molar-refractivity contribution in [3.63, 3.8) is 0 Å². The minimum atomic E-state index is -1.40. The Labute approximate surface area is 896 Å². The number of para-hydroxylation sites is 1. The summed E-state index contributed by atoms with van der Waals surface area (Å²) in [5.74, 6) is 0. The first kappa shape index (κ1) is 105. The monoisotopic (exact) mass is 2320 g/mol. The molecule has 1 aliphatic rings. The molecule has 23 rings (SSSR count). The molecule has 0 fully saturated rings. The number of hydrogen-bond acceptors (Lipinski definition) is 7. The van der Waals surface area contributed by atoms with Crippen LogP contribution in [0.2, 0.25) is 6.80 Å². The summed E-state index contributed by atoms with van der Waals surface area (Å²) in [5, 5.41) is 59.3. The Balaban J connectivity index is 0.000000149. The number of rotatable bonds is 12. The van der Waals surface area contributed by atoms with Crippen molar-refractivity contribution >= 4 is 234 Å². The molecule has 1 aromatic heterocycles. The van der Waals surface area contributed by atoms with Gasteiger partial charge in [-0.25, -0.2) is 0 Å². The van der Waals surface area contributed by atoms with E-state index in [1.165, 1.54) is 130 Å². The van der Waals surface area contributed by atoms with Gasteiger partial charge in [-0.3, -0.25) is 24.6 Å². The van der Waals surface area contributed by atoms with Crippen LogP contribution in [-0.2, 0) is 6.42 Å². The number of aromatic nitrogens is 1. The van der Waals surface area contributed by atoms with Crippen molar-refractivity contribution in [1.29, 1.82) is 0 Å². The lowest BCUT2D eigenvalue weighted by molar-refractivity contribution is -0.385. The summed E-state index contributed by atoms with van der Waals surface area (Å²) in [5.41, 5.74) is 18.7. The van der Waals surface area contributed by atoms with E-state index in [-0.39, 0.29) is 38.0 Å². The van der Waals surface area contributed by atoms with Crippen molar-refractivity contribution in [2.24, 2.45) is 0 Å². The van der Waals surface area contributed by atoms with E-state index in [4.69, 9.17) is 12.8 Å². The molecule has 708 valence electrons. The van der Waals surface area contributed by atoms with E-state index in [9.17, 15) is 24.6 Å². The van der Waals surface area contributed by atoms with E-state index in [0.717, 1.165) is 49.4 Å². The van der Waals surface area contributed by atoms with Gasteiger partial charge in [-0.2, -0.15) is 0 Å². The third-order valence-electron chi connectivity index (χ3n) is 22.9. The van der Waals surface area contributed by atoms with Crippen LogP contribution >= 0.6 is 110 Å². The average molecular weight is 2330 g/mol. The van der Waals surface area contributed by atoms with E-state index < -0.39 is 27.1 Å². The first-order valence-electron chi connectivity index (χ1n) is 46.1. The lowest BCUT2D eigenvalue weighted by Crippen LogP contribution is -2.30. The molecule has 2 radical (unpaired) electrons. The number of nitro groups is 2. The van der Waals surface area contributed by atoms with E-state index in [1.807, 2.05) is 115 Å². The van der Waals surface area contributed by atoms with Crippen molar-refractivity contribution in [2.45, 2.75) is 28.1 Å². The van der Waals surface area contributed by atoms with Crippen LogP contribution in [0.25, 0.3) is 115 Å². The smallest absolute Gasteiger partial charge is 0.423 e. The molecule has 0 aliphatic heterocycles. The number of fused-ring (bicyclic) bond motifs is 12.